The van der Waals surface area contributed by atoms with E-state index in [2.05, 4.69) is 20.2 Å². The van der Waals surface area contributed by atoms with Gasteiger partial charge in [0.1, 0.15) is 5.69 Å². The Bertz CT molecular complexity index is 776. The van der Waals surface area contributed by atoms with Crippen molar-refractivity contribution in [3.63, 3.8) is 0 Å². The largest absolute Gasteiger partial charge is 0.450 e. The molecule has 2 aromatic heterocycles. The predicted molar refractivity (Wildman–Crippen MR) is 100 cm³/mol. The summed E-state index contributed by atoms with van der Waals surface area (Å²) in [4.78, 5) is 36.4. The van der Waals surface area contributed by atoms with Gasteiger partial charge in [0, 0.05) is 44.3 Å². The molecule has 1 saturated heterocycles. The number of nitrogens with one attached hydrogen (secondary N) is 1. The van der Waals surface area contributed by atoms with Crippen LogP contribution in [0.2, 0.25) is 0 Å². The SMILES string of the molecule is CCOC(=O)N1CCN(c2ccnc(C(=O)NCc3ccccn3)c2)CC1. The molecule has 0 unspecified atom stereocenters. The Balaban J connectivity index is 1.57. The molecule has 0 saturated carbocycles. The van der Waals surface area contributed by atoms with Crippen LogP contribution in [0.4, 0.5) is 10.5 Å². The third-order valence-electron chi connectivity index (χ3n) is 4.30. The van der Waals surface area contributed by atoms with Gasteiger partial charge in [0.25, 0.3) is 5.91 Å². The number of nitrogens with zero attached hydrogens (tertiary/aromatic N) is 4. The molecule has 1 aliphatic heterocycles. The third-order valence-corrected chi connectivity index (χ3v) is 4.30. The summed E-state index contributed by atoms with van der Waals surface area (Å²) < 4.78 is 5.04. The minimum atomic E-state index is -0.276. The van der Waals surface area contributed by atoms with Gasteiger partial charge in [0.2, 0.25) is 0 Å². The normalized spacial score (nSPS) is 14.0. The van der Waals surface area contributed by atoms with Crippen LogP contribution in [0.15, 0.2) is 42.7 Å². The van der Waals surface area contributed by atoms with Crippen molar-refractivity contribution in [2.75, 3.05) is 37.7 Å². The third kappa shape index (κ3) is 4.93. The van der Waals surface area contributed by atoms with Gasteiger partial charge in [-0.25, -0.2) is 4.79 Å². The number of hydrogen-bond donors (Lipinski definition) is 1. The molecule has 8 nitrogen and oxygen atoms in total. The molecule has 3 rings (SSSR count). The molecule has 2 amide bonds. The molecule has 0 aliphatic carbocycles. The van der Waals surface area contributed by atoms with E-state index in [-0.39, 0.29) is 12.0 Å². The Hall–Kier alpha value is -3.16. The van der Waals surface area contributed by atoms with Gasteiger partial charge < -0.3 is 19.9 Å². The van der Waals surface area contributed by atoms with Crippen molar-refractivity contribution < 1.29 is 14.3 Å². The lowest BCUT2D eigenvalue weighted by atomic mass is 10.2. The maximum Gasteiger partial charge on any atom is 0.409 e. The smallest absolute Gasteiger partial charge is 0.409 e. The number of hydrogen-bond acceptors (Lipinski definition) is 6. The van der Waals surface area contributed by atoms with Crippen LogP contribution in [0.1, 0.15) is 23.1 Å². The average Bonchev–Trinajstić information content (AvgIpc) is 2.73. The Morgan fingerprint density at radius 2 is 1.93 bits per heavy atom. The van der Waals surface area contributed by atoms with Gasteiger partial charge in [-0.1, -0.05) is 6.07 Å². The molecule has 0 spiro atoms. The van der Waals surface area contributed by atoms with E-state index < -0.39 is 0 Å². The van der Waals surface area contributed by atoms with Crippen molar-refractivity contribution >= 4 is 17.7 Å². The van der Waals surface area contributed by atoms with Gasteiger partial charge in [-0.15, -0.1) is 0 Å². The Morgan fingerprint density at radius 3 is 2.63 bits per heavy atom. The van der Waals surface area contributed by atoms with E-state index in [0.29, 0.717) is 45.0 Å². The number of carbonyl (C=O) groups excluding carboxylic acids is 2. The van der Waals surface area contributed by atoms with Crippen LogP contribution in [0.3, 0.4) is 0 Å². The maximum atomic E-state index is 12.4. The summed E-state index contributed by atoms with van der Waals surface area (Å²) in [6, 6.07) is 9.21. The molecular formula is C19H23N5O3. The standard InChI is InChI=1S/C19H23N5O3/c1-2-27-19(26)24-11-9-23(10-12-24)16-6-8-21-17(13-16)18(25)22-14-15-5-3-4-7-20-15/h3-8,13H,2,9-12,14H2,1H3,(H,22,25). The summed E-state index contributed by atoms with van der Waals surface area (Å²) in [6.07, 6.45) is 3.04. The van der Waals surface area contributed by atoms with Gasteiger partial charge in [-0.2, -0.15) is 0 Å². The quantitative estimate of drug-likeness (QED) is 0.863. The molecule has 1 aliphatic rings. The van der Waals surface area contributed by atoms with Gasteiger partial charge >= 0.3 is 6.09 Å². The second-order valence-electron chi connectivity index (χ2n) is 6.08. The number of amides is 2. The first-order valence-corrected chi connectivity index (χ1v) is 8.98. The van der Waals surface area contributed by atoms with E-state index >= 15 is 0 Å². The molecule has 27 heavy (non-hydrogen) atoms. The van der Waals surface area contributed by atoms with Gasteiger partial charge in [0.05, 0.1) is 18.8 Å². The zero-order valence-electron chi connectivity index (χ0n) is 15.3. The highest BCUT2D eigenvalue weighted by Crippen LogP contribution is 2.17. The van der Waals surface area contributed by atoms with E-state index in [0.717, 1.165) is 11.4 Å². The molecule has 1 fully saturated rings. The highest BCUT2D eigenvalue weighted by molar-refractivity contribution is 5.93. The second-order valence-corrected chi connectivity index (χ2v) is 6.08. The number of carbonyl (C=O) groups is 2. The van der Waals surface area contributed by atoms with Crippen LogP contribution in [-0.2, 0) is 11.3 Å². The minimum absolute atomic E-state index is 0.243. The highest BCUT2D eigenvalue weighted by Gasteiger charge is 2.22. The van der Waals surface area contributed by atoms with Crippen LogP contribution in [-0.4, -0.2) is 59.7 Å². The van der Waals surface area contributed by atoms with E-state index in [1.807, 2.05) is 24.3 Å². The average molecular weight is 369 g/mol. The fraction of sp³-hybridized carbons (Fsp3) is 0.368. The molecular weight excluding hydrogens is 346 g/mol. The molecule has 142 valence electrons. The molecule has 3 heterocycles. The highest BCUT2D eigenvalue weighted by atomic mass is 16.6. The maximum absolute atomic E-state index is 12.4. The molecule has 0 atom stereocenters. The number of aromatic nitrogens is 2. The minimum Gasteiger partial charge on any atom is -0.450 e. The van der Waals surface area contributed by atoms with Gasteiger partial charge in [-0.05, 0) is 31.2 Å². The van der Waals surface area contributed by atoms with Crippen LogP contribution in [0.5, 0.6) is 0 Å². The summed E-state index contributed by atoms with van der Waals surface area (Å²) in [5, 5.41) is 2.83. The first-order valence-electron chi connectivity index (χ1n) is 8.98. The summed E-state index contributed by atoms with van der Waals surface area (Å²) in [5.74, 6) is -0.243. The van der Waals surface area contributed by atoms with Crippen LogP contribution < -0.4 is 10.2 Å². The van der Waals surface area contributed by atoms with Crippen molar-refractivity contribution in [1.29, 1.82) is 0 Å². The van der Waals surface area contributed by atoms with Crippen molar-refractivity contribution in [3.8, 4) is 0 Å². The van der Waals surface area contributed by atoms with E-state index in [9.17, 15) is 9.59 Å². The zero-order chi connectivity index (χ0) is 19.1. The molecule has 1 N–H and O–H groups in total. The number of anilines is 1. The van der Waals surface area contributed by atoms with E-state index in [4.69, 9.17) is 4.74 Å². The fourth-order valence-electron chi connectivity index (χ4n) is 2.87. The fourth-order valence-corrected chi connectivity index (χ4v) is 2.87. The Kier molecular flexibility index (Phi) is 6.19. The molecule has 2 aromatic rings. The first kappa shape index (κ1) is 18.6. The van der Waals surface area contributed by atoms with E-state index in [1.165, 1.54) is 0 Å². The monoisotopic (exact) mass is 369 g/mol. The number of ether oxygens (including phenoxy) is 1. The van der Waals surface area contributed by atoms with Crippen molar-refractivity contribution in [3.05, 3.63) is 54.1 Å². The van der Waals surface area contributed by atoms with Crippen molar-refractivity contribution in [2.24, 2.45) is 0 Å². The number of rotatable bonds is 5. The summed E-state index contributed by atoms with van der Waals surface area (Å²) in [7, 11) is 0. The van der Waals surface area contributed by atoms with Crippen LogP contribution in [0.25, 0.3) is 0 Å². The van der Waals surface area contributed by atoms with Crippen LogP contribution >= 0.6 is 0 Å². The Morgan fingerprint density at radius 1 is 1.11 bits per heavy atom. The first-order chi connectivity index (χ1) is 13.2. The summed E-state index contributed by atoms with van der Waals surface area (Å²) in [5.41, 5.74) is 2.06. The number of piperazine rings is 1. The molecule has 0 aromatic carbocycles. The van der Waals surface area contributed by atoms with Gasteiger partial charge in [0.15, 0.2) is 0 Å². The number of pyridine rings is 2. The lowest BCUT2D eigenvalue weighted by Gasteiger charge is -2.35. The van der Waals surface area contributed by atoms with Crippen molar-refractivity contribution in [1.82, 2.24) is 20.2 Å². The molecule has 0 radical (unpaired) electrons. The predicted octanol–water partition coefficient (Wildman–Crippen LogP) is 1.69. The lowest BCUT2D eigenvalue weighted by Crippen LogP contribution is -2.49. The van der Waals surface area contributed by atoms with E-state index in [1.54, 1.807) is 30.3 Å². The molecule has 0 bridgehead atoms. The summed E-state index contributed by atoms with van der Waals surface area (Å²) >= 11 is 0. The zero-order valence-corrected chi connectivity index (χ0v) is 15.3. The van der Waals surface area contributed by atoms with Crippen molar-refractivity contribution in [2.45, 2.75) is 13.5 Å². The lowest BCUT2D eigenvalue weighted by molar-refractivity contribution is 0.0945. The summed E-state index contributed by atoms with van der Waals surface area (Å²) in [6.45, 7) is 5.05. The van der Waals surface area contributed by atoms with Gasteiger partial charge in [-0.3, -0.25) is 14.8 Å². The molecule has 8 heteroatoms. The topological polar surface area (TPSA) is 87.7 Å². The second kappa shape index (κ2) is 8.98. The Labute approximate surface area is 158 Å². The van der Waals surface area contributed by atoms with Crippen LogP contribution in [0, 0.1) is 0 Å².